The third-order valence-corrected chi connectivity index (χ3v) is 3.44. The van der Waals surface area contributed by atoms with Crippen molar-refractivity contribution < 1.29 is 9.59 Å². The maximum absolute atomic E-state index is 12.1. The minimum absolute atomic E-state index is 0.200. The summed E-state index contributed by atoms with van der Waals surface area (Å²) < 4.78 is 0. The molecule has 0 spiro atoms. The van der Waals surface area contributed by atoms with Crippen LogP contribution in [0.1, 0.15) is 23.3 Å². The summed E-state index contributed by atoms with van der Waals surface area (Å²) in [6, 6.07) is 3.65. The number of aromatic nitrogens is 3. The summed E-state index contributed by atoms with van der Waals surface area (Å²) in [5, 5.41) is 9.50. The Kier molecular flexibility index (Phi) is 3.28. The lowest BCUT2D eigenvalue weighted by Gasteiger charge is -2.23. The van der Waals surface area contributed by atoms with Crippen LogP contribution in [0.3, 0.4) is 0 Å². The SMILES string of the molecule is O=C1CC(CNC(=O)c2[nH]ncc2-c2ccncc2)C1. The molecule has 20 heavy (non-hydrogen) atoms. The number of pyridine rings is 1. The van der Waals surface area contributed by atoms with Crippen molar-refractivity contribution in [3.8, 4) is 11.1 Å². The van der Waals surface area contributed by atoms with Crippen LogP contribution in [0.25, 0.3) is 11.1 Å². The molecule has 0 radical (unpaired) electrons. The molecule has 2 heterocycles. The molecule has 102 valence electrons. The van der Waals surface area contributed by atoms with E-state index in [0.717, 1.165) is 11.1 Å². The number of H-pyrrole nitrogens is 1. The van der Waals surface area contributed by atoms with Crippen LogP contribution in [0, 0.1) is 5.92 Å². The Hall–Kier alpha value is -2.50. The van der Waals surface area contributed by atoms with E-state index in [9.17, 15) is 9.59 Å². The van der Waals surface area contributed by atoms with Gasteiger partial charge in [-0.3, -0.25) is 19.7 Å². The molecule has 1 amide bonds. The predicted molar refractivity (Wildman–Crippen MR) is 71.9 cm³/mol. The lowest BCUT2D eigenvalue weighted by atomic mass is 9.84. The standard InChI is InChI=1S/C14H14N4O2/c19-11-5-9(6-11)7-16-14(20)13-12(8-17-18-13)10-1-3-15-4-2-10/h1-4,8-9H,5-7H2,(H,16,20)(H,17,18). The monoisotopic (exact) mass is 270 g/mol. The first-order chi connectivity index (χ1) is 9.74. The number of hydrogen-bond donors (Lipinski definition) is 2. The summed E-state index contributed by atoms with van der Waals surface area (Å²) in [7, 11) is 0. The molecule has 0 atom stereocenters. The summed E-state index contributed by atoms with van der Waals surface area (Å²) in [4.78, 5) is 27.0. The highest BCUT2D eigenvalue weighted by Crippen LogP contribution is 2.23. The Balaban J connectivity index is 1.69. The smallest absolute Gasteiger partial charge is 0.269 e. The van der Waals surface area contributed by atoms with Crippen LogP contribution in [0.2, 0.25) is 0 Å². The molecule has 1 fully saturated rings. The highest BCUT2D eigenvalue weighted by molar-refractivity contribution is 5.98. The molecule has 0 aliphatic heterocycles. The van der Waals surface area contributed by atoms with Crippen LogP contribution in [0.5, 0.6) is 0 Å². The number of ketones is 1. The summed E-state index contributed by atoms with van der Waals surface area (Å²) in [6.07, 6.45) is 6.10. The lowest BCUT2D eigenvalue weighted by Crippen LogP contribution is -2.36. The number of amides is 1. The second-order valence-corrected chi connectivity index (χ2v) is 4.92. The number of aromatic amines is 1. The van der Waals surface area contributed by atoms with Gasteiger partial charge in [-0.05, 0) is 23.6 Å². The van der Waals surface area contributed by atoms with Gasteiger partial charge in [0, 0.05) is 37.3 Å². The van der Waals surface area contributed by atoms with Crippen molar-refractivity contribution in [2.45, 2.75) is 12.8 Å². The van der Waals surface area contributed by atoms with E-state index < -0.39 is 0 Å². The number of nitrogens with one attached hydrogen (secondary N) is 2. The van der Waals surface area contributed by atoms with Gasteiger partial charge < -0.3 is 5.32 Å². The average molecular weight is 270 g/mol. The van der Waals surface area contributed by atoms with Gasteiger partial charge in [-0.15, -0.1) is 0 Å². The van der Waals surface area contributed by atoms with Gasteiger partial charge in [0.1, 0.15) is 11.5 Å². The number of Topliss-reactive ketones (excluding diaryl/α,β-unsaturated/α-hetero) is 1. The molecule has 1 aliphatic carbocycles. The van der Waals surface area contributed by atoms with Gasteiger partial charge in [-0.2, -0.15) is 5.10 Å². The largest absolute Gasteiger partial charge is 0.350 e. The molecule has 3 rings (SSSR count). The quantitative estimate of drug-likeness (QED) is 0.873. The number of carbonyl (C=O) groups excluding carboxylic acids is 2. The third kappa shape index (κ3) is 2.45. The van der Waals surface area contributed by atoms with E-state index in [4.69, 9.17) is 0 Å². The zero-order valence-electron chi connectivity index (χ0n) is 10.8. The molecule has 1 saturated carbocycles. The number of rotatable bonds is 4. The van der Waals surface area contributed by atoms with E-state index in [1.54, 1.807) is 18.6 Å². The first-order valence-corrected chi connectivity index (χ1v) is 6.47. The van der Waals surface area contributed by atoms with E-state index in [1.807, 2.05) is 12.1 Å². The second kappa shape index (κ2) is 5.24. The summed E-state index contributed by atoms with van der Waals surface area (Å²) in [6.45, 7) is 0.527. The first kappa shape index (κ1) is 12.5. The normalized spacial score (nSPS) is 14.9. The Morgan fingerprint density at radius 2 is 2.10 bits per heavy atom. The zero-order valence-corrected chi connectivity index (χ0v) is 10.8. The summed E-state index contributed by atoms with van der Waals surface area (Å²) in [5.41, 5.74) is 2.06. The Bertz CT molecular complexity index is 628. The summed E-state index contributed by atoms with van der Waals surface area (Å²) >= 11 is 0. The molecule has 2 N–H and O–H groups in total. The minimum Gasteiger partial charge on any atom is -0.350 e. The van der Waals surface area contributed by atoms with Gasteiger partial charge >= 0.3 is 0 Å². The number of hydrogen-bond acceptors (Lipinski definition) is 4. The number of nitrogens with zero attached hydrogens (tertiary/aromatic N) is 2. The van der Waals surface area contributed by atoms with E-state index in [-0.39, 0.29) is 17.6 Å². The van der Waals surface area contributed by atoms with Gasteiger partial charge in [-0.1, -0.05) is 0 Å². The van der Waals surface area contributed by atoms with Gasteiger partial charge in [-0.25, -0.2) is 0 Å². The van der Waals surface area contributed by atoms with Crippen LogP contribution < -0.4 is 5.32 Å². The van der Waals surface area contributed by atoms with Crippen LogP contribution in [0.15, 0.2) is 30.7 Å². The third-order valence-electron chi connectivity index (χ3n) is 3.44. The molecule has 0 saturated heterocycles. The number of carbonyl (C=O) groups is 2. The fourth-order valence-corrected chi connectivity index (χ4v) is 2.26. The van der Waals surface area contributed by atoms with Crippen molar-refractivity contribution in [2.75, 3.05) is 6.54 Å². The Morgan fingerprint density at radius 1 is 1.35 bits per heavy atom. The second-order valence-electron chi connectivity index (χ2n) is 4.92. The highest BCUT2D eigenvalue weighted by Gasteiger charge is 2.27. The average Bonchev–Trinajstić information content (AvgIpc) is 2.92. The summed E-state index contributed by atoms with van der Waals surface area (Å²) in [5.74, 6) is 0.343. The van der Waals surface area contributed by atoms with Gasteiger partial charge in [0.05, 0.1) is 6.20 Å². The zero-order chi connectivity index (χ0) is 13.9. The molecule has 0 unspecified atom stereocenters. The predicted octanol–water partition coefficient (Wildman–Crippen LogP) is 1.18. The maximum atomic E-state index is 12.1. The molecule has 6 heteroatoms. The Labute approximate surface area is 115 Å². The van der Waals surface area contributed by atoms with E-state index in [1.165, 1.54) is 0 Å². The highest BCUT2D eigenvalue weighted by atomic mass is 16.2. The van der Waals surface area contributed by atoms with Crippen LogP contribution in [-0.2, 0) is 4.79 Å². The molecule has 0 aromatic carbocycles. The van der Waals surface area contributed by atoms with Gasteiger partial charge in [0.25, 0.3) is 5.91 Å². The van der Waals surface area contributed by atoms with Crippen molar-refractivity contribution >= 4 is 11.7 Å². The molecule has 2 aromatic rings. The molecule has 0 bridgehead atoms. The van der Waals surface area contributed by atoms with Crippen LogP contribution >= 0.6 is 0 Å². The maximum Gasteiger partial charge on any atom is 0.269 e. The van der Waals surface area contributed by atoms with Crippen LogP contribution in [0.4, 0.5) is 0 Å². The molecular formula is C14H14N4O2. The molecule has 6 nitrogen and oxygen atoms in total. The minimum atomic E-state index is -0.200. The van der Waals surface area contributed by atoms with Gasteiger partial charge in [0.2, 0.25) is 0 Å². The van der Waals surface area contributed by atoms with Crippen molar-refractivity contribution in [2.24, 2.45) is 5.92 Å². The topological polar surface area (TPSA) is 87.7 Å². The van der Waals surface area contributed by atoms with Crippen molar-refractivity contribution in [1.82, 2.24) is 20.5 Å². The van der Waals surface area contributed by atoms with Crippen LogP contribution in [-0.4, -0.2) is 33.4 Å². The fraction of sp³-hybridized carbons (Fsp3) is 0.286. The first-order valence-electron chi connectivity index (χ1n) is 6.47. The van der Waals surface area contributed by atoms with Crippen molar-refractivity contribution in [1.29, 1.82) is 0 Å². The Morgan fingerprint density at radius 3 is 2.80 bits per heavy atom. The van der Waals surface area contributed by atoms with Gasteiger partial charge in [0.15, 0.2) is 0 Å². The van der Waals surface area contributed by atoms with Crippen molar-refractivity contribution in [3.63, 3.8) is 0 Å². The fourth-order valence-electron chi connectivity index (χ4n) is 2.26. The molecule has 2 aromatic heterocycles. The lowest BCUT2D eigenvalue weighted by molar-refractivity contribution is -0.126. The van der Waals surface area contributed by atoms with E-state index in [2.05, 4.69) is 20.5 Å². The molecule has 1 aliphatic rings. The molecular weight excluding hydrogens is 256 g/mol. The van der Waals surface area contributed by atoms with E-state index >= 15 is 0 Å². The van der Waals surface area contributed by atoms with Crippen molar-refractivity contribution in [3.05, 3.63) is 36.4 Å². The van der Waals surface area contributed by atoms with E-state index in [0.29, 0.717) is 25.1 Å².